The van der Waals surface area contributed by atoms with Gasteiger partial charge in [-0.3, -0.25) is 4.79 Å². The van der Waals surface area contributed by atoms with Gasteiger partial charge < -0.3 is 15.0 Å². The van der Waals surface area contributed by atoms with E-state index in [4.69, 9.17) is 0 Å². The molecule has 2 aromatic rings. The van der Waals surface area contributed by atoms with Crippen molar-refractivity contribution in [2.45, 2.75) is 56.5 Å². The lowest BCUT2D eigenvalue weighted by Gasteiger charge is -2.43. The number of nitrogens with zero attached hydrogens (tertiary/aromatic N) is 1. The molecule has 1 fully saturated rings. The van der Waals surface area contributed by atoms with Gasteiger partial charge in [0, 0.05) is 5.54 Å². The van der Waals surface area contributed by atoms with Crippen LogP contribution in [-0.2, 0) is 12.4 Å². The Labute approximate surface area is 207 Å². The van der Waals surface area contributed by atoms with Gasteiger partial charge in [0.2, 0.25) is 0 Å². The van der Waals surface area contributed by atoms with Crippen LogP contribution in [0.1, 0.15) is 65.7 Å². The Morgan fingerprint density at radius 1 is 1.03 bits per heavy atom. The number of aldehydes is 1. The largest absolute Gasteiger partial charge is 0.493 e. The summed E-state index contributed by atoms with van der Waals surface area (Å²) in [5.74, 6) is -0.736. The zero-order chi connectivity index (χ0) is 27.1. The second-order valence-electron chi connectivity index (χ2n) is 8.82. The summed E-state index contributed by atoms with van der Waals surface area (Å²) >= 11 is 0. The molecule has 4 nitrogen and oxygen atoms in total. The summed E-state index contributed by atoms with van der Waals surface area (Å²) in [5.41, 5.74) is -2.43. The maximum Gasteiger partial charge on any atom is 0.417 e. The molecule has 0 saturated heterocycles. The molecule has 1 unspecified atom stereocenters. The fourth-order valence-corrected chi connectivity index (χ4v) is 4.79. The first-order valence-electron chi connectivity index (χ1n) is 11.6. The summed E-state index contributed by atoms with van der Waals surface area (Å²) in [4.78, 5) is 13.1. The number of carbonyl (C=O) groups is 1. The van der Waals surface area contributed by atoms with Crippen LogP contribution in [0.3, 0.4) is 0 Å². The van der Waals surface area contributed by atoms with Crippen molar-refractivity contribution in [3.05, 3.63) is 64.7 Å². The standard InChI is InChI=1S/C15H24N2.C11H8F6O2/c1-16-14(13-9-5-4-6-10-13)15(17(2)3)11-7-8-12-15;1-2-19-9-4-6(10(12,13)14)3-8(7(9)5-18)11(15,16)17/h4-6,9-10,14,16H,7-8,11-12H2,1-3H3;3-5H,2H2,1H3. The average Bonchev–Trinajstić information content (AvgIpc) is 3.30. The Hall–Kier alpha value is -2.59. The molecule has 0 spiro atoms. The van der Waals surface area contributed by atoms with E-state index in [0.29, 0.717) is 12.1 Å². The number of rotatable bonds is 7. The maximum absolute atomic E-state index is 12.6. The van der Waals surface area contributed by atoms with Crippen LogP contribution in [0.4, 0.5) is 26.3 Å². The van der Waals surface area contributed by atoms with Crippen molar-refractivity contribution in [1.29, 1.82) is 0 Å². The summed E-state index contributed by atoms with van der Waals surface area (Å²) in [6.07, 6.45) is -4.93. The first-order valence-corrected chi connectivity index (χ1v) is 11.6. The van der Waals surface area contributed by atoms with Crippen LogP contribution in [0.5, 0.6) is 5.75 Å². The highest BCUT2D eigenvalue weighted by Crippen LogP contribution is 2.43. The van der Waals surface area contributed by atoms with E-state index in [0.717, 1.165) is 0 Å². The number of likely N-dealkylation sites (N-methyl/N-ethyl adjacent to an activating group) is 2. The molecule has 0 bridgehead atoms. The lowest BCUT2D eigenvalue weighted by molar-refractivity contribution is -0.143. The Balaban J connectivity index is 0.000000255. The van der Waals surface area contributed by atoms with E-state index in [1.807, 2.05) is 0 Å². The second-order valence-corrected chi connectivity index (χ2v) is 8.82. The minimum atomic E-state index is -5.08. The van der Waals surface area contributed by atoms with Gasteiger partial charge in [-0.2, -0.15) is 26.3 Å². The summed E-state index contributed by atoms with van der Waals surface area (Å²) in [6.45, 7) is 1.21. The monoisotopic (exact) mass is 518 g/mol. The van der Waals surface area contributed by atoms with Crippen molar-refractivity contribution in [3.8, 4) is 5.75 Å². The van der Waals surface area contributed by atoms with Crippen LogP contribution in [0, 0.1) is 0 Å². The molecule has 0 aliphatic heterocycles. The van der Waals surface area contributed by atoms with E-state index in [1.54, 1.807) is 0 Å². The van der Waals surface area contributed by atoms with Crippen LogP contribution in [-0.4, -0.2) is 44.5 Å². The van der Waals surface area contributed by atoms with Gasteiger partial charge in [0.1, 0.15) is 5.75 Å². The molecule has 36 heavy (non-hydrogen) atoms. The van der Waals surface area contributed by atoms with Crippen molar-refractivity contribution in [3.63, 3.8) is 0 Å². The van der Waals surface area contributed by atoms with Gasteiger partial charge in [-0.05, 0) is 58.6 Å². The topological polar surface area (TPSA) is 41.6 Å². The molecule has 0 aromatic heterocycles. The second kappa shape index (κ2) is 12.1. The quantitative estimate of drug-likeness (QED) is 0.325. The summed E-state index contributed by atoms with van der Waals surface area (Å²) in [5, 5.41) is 3.54. The van der Waals surface area contributed by atoms with Crippen LogP contribution in [0.25, 0.3) is 0 Å². The average molecular weight is 519 g/mol. The third-order valence-electron chi connectivity index (χ3n) is 6.51. The van der Waals surface area contributed by atoms with Crippen molar-refractivity contribution in [2.75, 3.05) is 27.7 Å². The molecule has 2 aromatic carbocycles. The molecule has 10 heteroatoms. The highest BCUT2D eigenvalue weighted by molar-refractivity contribution is 5.82. The van der Waals surface area contributed by atoms with Gasteiger partial charge in [0.25, 0.3) is 0 Å². The number of carbonyl (C=O) groups excluding carboxylic acids is 1. The Bertz CT molecular complexity index is 984. The van der Waals surface area contributed by atoms with Crippen LogP contribution in [0.2, 0.25) is 0 Å². The molecule has 1 aliphatic carbocycles. The Morgan fingerprint density at radius 3 is 2.03 bits per heavy atom. The van der Waals surface area contributed by atoms with Crippen LogP contribution >= 0.6 is 0 Å². The van der Waals surface area contributed by atoms with Crippen molar-refractivity contribution in [2.24, 2.45) is 0 Å². The normalized spacial score (nSPS) is 16.3. The minimum Gasteiger partial charge on any atom is -0.493 e. The lowest BCUT2D eigenvalue weighted by atomic mass is 9.82. The summed E-state index contributed by atoms with van der Waals surface area (Å²) in [6, 6.07) is 11.6. The molecule has 200 valence electrons. The summed E-state index contributed by atoms with van der Waals surface area (Å²) in [7, 11) is 6.53. The number of ether oxygens (including phenoxy) is 1. The Morgan fingerprint density at radius 2 is 1.61 bits per heavy atom. The third-order valence-corrected chi connectivity index (χ3v) is 6.51. The van der Waals surface area contributed by atoms with Crippen molar-refractivity contribution in [1.82, 2.24) is 10.2 Å². The van der Waals surface area contributed by atoms with Gasteiger partial charge in [-0.15, -0.1) is 0 Å². The minimum absolute atomic E-state index is 0.105. The van der Waals surface area contributed by atoms with E-state index < -0.39 is 34.8 Å². The number of hydrogen-bond donors (Lipinski definition) is 1. The fourth-order valence-electron chi connectivity index (χ4n) is 4.79. The molecule has 3 rings (SSSR count). The number of halogens is 6. The molecule has 0 amide bonds. The zero-order valence-corrected chi connectivity index (χ0v) is 20.8. The molecule has 1 atom stereocenters. The van der Waals surface area contributed by atoms with Gasteiger partial charge in [0.05, 0.1) is 29.3 Å². The predicted octanol–water partition coefficient (Wildman–Crippen LogP) is 6.76. The molecule has 1 saturated carbocycles. The first kappa shape index (κ1) is 29.6. The predicted molar refractivity (Wildman–Crippen MR) is 126 cm³/mol. The van der Waals surface area contributed by atoms with Gasteiger partial charge in [-0.25, -0.2) is 0 Å². The summed E-state index contributed by atoms with van der Waals surface area (Å²) < 4.78 is 80.1. The van der Waals surface area contributed by atoms with Crippen molar-refractivity contribution < 1.29 is 35.9 Å². The number of alkyl halides is 6. The van der Waals surface area contributed by atoms with E-state index in [9.17, 15) is 31.1 Å². The Kier molecular flexibility index (Phi) is 9.96. The highest BCUT2D eigenvalue weighted by atomic mass is 19.4. The van der Waals surface area contributed by atoms with Gasteiger partial charge in [0.15, 0.2) is 6.29 Å². The molecular weight excluding hydrogens is 486 g/mol. The van der Waals surface area contributed by atoms with Crippen molar-refractivity contribution >= 4 is 6.29 Å². The zero-order valence-electron chi connectivity index (χ0n) is 20.8. The van der Waals surface area contributed by atoms with E-state index in [1.165, 1.54) is 38.2 Å². The molecule has 0 heterocycles. The maximum atomic E-state index is 12.6. The third kappa shape index (κ3) is 6.79. The van der Waals surface area contributed by atoms with E-state index in [2.05, 4.69) is 66.4 Å². The van der Waals surface area contributed by atoms with Gasteiger partial charge >= 0.3 is 12.4 Å². The molecule has 1 aliphatic rings. The first-order chi connectivity index (χ1) is 16.8. The number of nitrogens with one attached hydrogen (secondary N) is 1. The number of hydrogen-bond acceptors (Lipinski definition) is 4. The number of benzene rings is 2. The van der Waals surface area contributed by atoms with E-state index in [-0.39, 0.29) is 24.5 Å². The fraction of sp³-hybridized carbons (Fsp3) is 0.500. The molecule has 0 radical (unpaired) electrons. The SMILES string of the molecule is CCOc1cc(C(F)(F)F)cc(C(F)(F)F)c1C=O.CNC(c1ccccc1)C1(N(C)C)CCCC1. The molecular formula is C26H32F6N2O2. The molecule has 1 N–H and O–H groups in total. The van der Waals surface area contributed by atoms with Crippen LogP contribution < -0.4 is 10.1 Å². The van der Waals surface area contributed by atoms with Crippen LogP contribution in [0.15, 0.2) is 42.5 Å². The van der Waals surface area contributed by atoms with E-state index >= 15 is 0 Å². The lowest BCUT2D eigenvalue weighted by Crippen LogP contribution is -2.51. The smallest absolute Gasteiger partial charge is 0.417 e. The van der Waals surface area contributed by atoms with Gasteiger partial charge in [-0.1, -0.05) is 43.2 Å². The highest BCUT2D eigenvalue weighted by Gasteiger charge is 2.43.